The van der Waals surface area contributed by atoms with Crippen LogP contribution in [0.15, 0.2) is 30.5 Å². The zero-order valence-corrected chi connectivity index (χ0v) is 7.57. The van der Waals surface area contributed by atoms with Crippen LogP contribution in [0.2, 0.25) is 0 Å². The second-order valence-corrected chi connectivity index (χ2v) is 3.16. The van der Waals surface area contributed by atoms with Crippen LogP contribution in [0, 0.1) is 0 Å². The molecule has 72 valence electrons. The van der Waals surface area contributed by atoms with Crippen molar-refractivity contribution < 1.29 is 5.11 Å². The number of hydrogen-bond acceptors (Lipinski definition) is 3. The van der Waals surface area contributed by atoms with Gasteiger partial charge in [-0.3, -0.25) is 5.10 Å². The average Bonchev–Trinajstić information content (AvgIpc) is 2.52. The summed E-state index contributed by atoms with van der Waals surface area (Å²) in [6, 6.07) is 7.10. The molecule has 2 aromatic rings. The third-order valence-electron chi connectivity index (χ3n) is 2.06. The SMILES string of the molecule is Nc1[nH]ncc1Cc1cccc(O)c1. The van der Waals surface area contributed by atoms with E-state index in [1.807, 2.05) is 6.07 Å². The molecule has 4 N–H and O–H groups in total. The van der Waals surface area contributed by atoms with E-state index in [0.29, 0.717) is 12.2 Å². The molecule has 14 heavy (non-hydrogen) atoms. The van der Waals surface area contributed by atoms with E-state index in [9.17, 15) is 5.11 Å². The molecule has 0 radical (unpaired) electrons. The Hall–Kier alpha value is -1.97. The maximum absolute atomic E-state index is 9.26. The highest BCUT2D eigenvalue weighted by Gasteiger charge is 2.02. The number of rotatable bonds is 2. The molecule has 0 amide bonds. The fraction of sp³-hybridized carbons (Fsp3) is 0.100. The predicted molar refractivity (Wildman–Crippen MR) is 53.9 cm³/mol. The lowest BCUT2D eigenvalue weighted by atomic mass is 10.1. The molecule has 1 aromatic carbocycles. The van der Waals surface area contributed by atoms with Gasteiger partial charge in [0.2, 0.25) is 0 Å². The minimum absolute atomic E-state index is 0.268. The molecule has 0 aliphatic rings. The lowest BCUT2D eigenvalue weighted by Crippen LogP contribution is -1.92. The highest BCUT2D eigenvalue weighted by molar-refractivity contribution is 5.41. The summed E-state index contributed by atoms with van der Waals surface area (Å²) in [5.41, 5.74) is 7.60. The van der Waals surface area contributed by atoms with Crippen LogP contribution in [0.5, 0.6) is 5.75 Å². The molecule has 0 saturated carbocycles. The van der Waals surface area contributed by atoms with E-state index in [2.05, 4.69) is 10.2 Å². The monoisotopic (exact) mass is 189 g/mol. The number of nitrogens with zero attached hydrogens (tertiary/aromatic N) is 1. The first-order valence-electron chi connectivity index (χ1n) is 4.31. The number of hydrogen-bond donors (Lipinski definition) is 3. The van der Waals surface area contributed by atoms with Crippen molar-refractivity contribution in [2.24, 2.45) is 0 Å². The summed E-state index contributed by atoms with van der Waals surface area (Å²) in [5, 5.41) is 15.8. The number of aromatic nitrogens is 2. The standard InChI is InChI=1S/C10H11N3O/c11-10-8(6-12-13-10)4-7-2-1-3-9(14)5-7/h1-3,5-6,14H,4H2,(H3,11,12,13). The Labute approximate surface area is 81.4 Å². The molecule has 0 fully saturated rings. The normalized spacial score (nSPS) is 10.3. The maximum atomic E-state index is 9.26. The number of H-pyrrole nitrogens is 1. The van der Waals surface area contributed by atoms with Gasteiger partial charge < -0.3 is 10.8 Å². The van der Waals surface area contributed by atoms with Crippen LogP contribution in [0.3, 0.4) is 0 Å². The Balaban J connectivity index is 2.23. The first kappa shape index (κ1) is 8.62. The van der Waals surface area contributed by atoms with Gasteiger partial charge in [-0.15, -0.1) is 0 Å². The van der Waals surface area contributed by atoms with Crippen molar-refractivity contribution in [3.63, 3.8) is 0 Å². The number of nitrogen functional groups attached to an aromatic ring is 1. The Morgan fingerprint density at radius 3 is 2.93 bits per heavy atom. The minimum Gasteiger partial charge on any atom is -0.508 e. The van der Waals surface area contributed by atoms with E-state index in [-0.39, 0.29) is 5.75 Å². The molecule has 0 aliphatic heterocycles. The predicted octanol–water partition coefficient (Wildman–Crippen LogP) is 1.29. The van der Waals surface area contributed by atoms with E-state index in [1.165, 1.54) is 0 Å². The summed E-state index contributed by atoms with van der Waals surface area (Å²) in [7, 11) is 0. The smallest absolute Gasteiger partial charge is 0.122 e. The molecule has 0 aliphatic carbocycles. The van der Waals surface area contributed by atoms with Crippen molar-refractivity contribution in [3.8, 4) is 5.75 Å². The lowest BCUT2D eigenvalue weighted by molar-refractivity contribution is 0.474. The molecule has 0 atom stereocenters. The van der Waals surface area contributed by atoms with Crippen LogP contribution in [-0.2, 0) is 6.42 Å². The van der Waals surface area contributed by atoms with Crippen LogP contribution < -0.4 is 5.73 Å². The minimum atomic E-state index is 0.268. The Kier molecular flexibility index (Phi) is 2.10. The van der Waals surface area contributed by atoms with Gasteiger partial charge in [-0.2, -0.15) is 5.10 Å². The van der Waals surface area contributed by atoms with Gasteiger partial charge in [-0.1, -0.05) is 12.1 Å². The molecule has 4 heteroatoms. The largest absolute Gasteiger partial charge is 0.508 e. The summed E-state index contributed by atoms with van der Waals surface area (Å²) >= 11 is 0. The van der Waals surface area contributed by atoms with Crippen molar-refractivity contribution in [2.45, 2.75) is 6.42 Å². The lowest BCUT2D eigenvalue weighted by Gasteiger charge is -2.00. The summed E-state index contributed by atoms with van der Waals surface area (Å²) in [6.07, 6.45) is 2.37. The second kappa shape index (κ2) is 3.41. The second-order valence-electron chi connectivity index (χ2n) is 3.16. The first-order valence-corrected chi connectivity index (χ1v) is 4.31. The van der Waals surface area contributed by atoms with Gasteiger partial charge in [0.1, 0.15) is 11.6 Å². The Morgan fingerprint density at radius 1 is 1.43 bits per heavy atom. The van der Waals surface area contributed by atoms with Crippen molar-refractivity contribution in [3.05, 3.63) is 41.6 Å². The van der Waals surface area contributed by atoms with Gasteiger partial charge in [0, 0.05) is 12.0 Å². The topological polar surface area (TPSA) is 74.9 Å². The highest BCUT2D eigenvalue weighted by atomic mass is 16.3. The number of aromatic hydroxyl groups is 1. The van der Waals surface area contributed by atoms with Crippen molar-refractivity contribution in [1.82, 2.24) is 10.2 Å². The molecule has 1 heterocycles. The number of anilines is 1. The number of phenolic OH excluding ortho intramolecular Hbond substituents is 1. The number of aromatic amines is 1. The number of nitrogens with two attached hydrogens (primary N) is 1. The quantitative estimate of drug-likeness (QED) is 0.666. The Morgan fingerprint density at radius 2 is 2.29 bits per heavy atom. The van der Waals surface area contributed by atoms with Gasteiger partial charge >= 0.3 is 0 Å². The van der Waals surface area contributed by atoms with Crippen LogP contribution in [0.25, 0.3) is 0 Å². The third kappa shape index (κ3) is 1.69. The fourth-order valence-electron chi connectivity index (χ4n) is 1.35. The molecule has 0 saturated heterocycles. The van der Waals surface area contributed by atoms with E-state index in [0.717, 1.165) is 11.1 Å². The van der Waals surface area contributed by atoms with Gasteiger partial charge in [-0.25, -0.2) is 0 Å². The highest BCUT2D eigenvalue weighted by Crippen LogP contribution is 2.16. The van der Waals surface area contributed by atoms with Crippen LogP contribution in [0.1, 0.15) is 11.1 Å². The molecular weight excluding hydrogens is 178 g/mol. The molecule has 0 spiro atoms. The van der Waals surface area contributed by atoms with Crippen LogP contribution in [0.4, 0.5) is 5.82 Å². The summed E-state index contributed by atoms with van der Waals surface area (Å²) in [6.45, 7) is 0. The van der Waals surface area contributed by atoms with Crippen molar-refractivity contribution >= 4 is 5.82 Å². The Bertz CT molecular complexity index is 436. The van der Waals surface area contributed by atoms with E-state index in [1.54, 1.807) is 24.4 Å². The summed E-state index contributed by atoms with van der Waals surface area (Å²) < 4.78 is 0. The van der Waals surface area contributed by atoms with Gasteiger partial charge in [0.25, 0.3) is 0 Å². The molecule has 1 aromatic heterocycles. The molecular formula is C10H11N3O. The fourth-order valence-corrected chi connectivity index (χ4v) is 1.35. The third-order valence-corrected chi connectivity index (χ3v) is 2.06. The first-order chi connectivity index (χ1) is 6.75. The number of nitrogens with one attached hydrogen (secondary N) is 1. The van der Waals surface area contributed by atoms with Gasteiger partial charge in [0.05, 0.1) is 6.20 Å². The van der Waals surface area contributed by atoms with Crippen molar-refractivity contribution in [1.29, 1.82) is 0 Å². The molecule has 2 rings (SSSR count). The van der Waals surface area contributed by atoms with Gasteiger partial charge in [-0.05, 0) is 17.7 Å². The average molecular weight is 189 g/mol. The van der Waals surface area contributed by atoms with E-state index >= 15 is 0 Å². The van der Waals surface area contributed by atoms with Crippen LogP contribution in [-0.4, -0.2) is 15.3 Å². The zero-order chi connectivity index (χ0) is 9.97. The van der Waals surface area contributed by atoms with Gasteiger partial charge in [0.15, 0.2) is 0 Å². The summed E-state index contributed by atoms with van der Waals surface area (Å²) in [4.78, 5) is 0. The summed E-state index contributed by atoms with van der Waals surface area (Å²) in [5.74, 6) is 0.845. The number of phenols is 1. The van der Waals surface area contributed by atoms with Crippen molar-refractivity contribution in [2.75, 3.05) is 5.73 Å². The van der Waals surface area contributed by atoms with E-state index < -0.39 is 0 Å². The number of benzene rings is 1. The molecule has 0 bridgehead atoms. The molecule has 4 nitrogen and oxygen atoms in total. The van der Waals surface area contributed by atoms with Crippen LogP contribution >= 0.6 is 0 Å². The van der Waals surface area contributed by atoms with E-state index in [4.69, 9.17) is 5.73 Å². The maximum Gasteiger partial charge on any atom is 0.122 e. The zero-order valence-electron chi connectivity index (χ0n) is 7.57. The molecule has 0 unspecified atom stereocenters.